The number of likely N-dealkylation sites (N-methyl/N-ethyl adjacent to an activating group) is 1. The summed E-state index contributed by atoms with van der Waals surface area (Å²) in [5, 5.41) is 0. The summed E-state index contributed by atoms with van der Waals surface area (Å²) in [6.07, 6.45) is 3.69. The van der Waals surface area contributed by atoms with Gasteiger partial charge in [0.15, 0.2) is 0 Å². The molecule has 0 aliphatic heterocycles. The molecule has 0 heterocycles. The van der Waals surface area contributed by atoms with Crippen LogP contribution >= 0.6 is 0 Å². The van der Waals surface area contributed by atoms with Gasteiger partial charge in [-0.1, -0.05) is 39.3 Å². The number of ether oxygens (including phenoxy) is 1. The molecule has 0 aliphatic carbocycles. The fourth-order valence-electron chi connectivity index (χ4n) is 1.97. The number of benzene rings is 1. The molecule has 2 nitrogen and oxygen atoms in total. The normalized spacial score (nSPS) is 10.9. The van der Waals surface area contributed by atoms with E-state index in [9.17, 15) is 0 Å². The van der Waals surface area contributed by atoms with Crippen molar-refractivity contribution in [3.8, 4) is 5.75 Å². The second-order valence-electron chi connectivity index (χ2n) is 4.62. The first-order valence-corrected chi connectivity index (χ1v) is 7.24. The van der Waals surface area contributed by atoms with Gasteiger partial charge in [0.1, 0.15) is 12.4 Å². The van der Waals surface area contributed by atoms with Crippen LogP contribution in [-0.2, 0) is 6.42 Å². The maximum Gasteiger partial charge on any atom is 0.119 e. The van der Waals surface area contributed by atoms with Crippen LogP contribution in [0.4, 0.5) is 0 Å². The highest BCUT2D eigenvalue weighted by molar-refractivity contribution is 5.27. The summed E-state index contributed by atoms with van der Waals surface area (Å²) >= 11 is 0. The van der Waals surface area contributed by atoms with E-state index in [1.165, 1.54) is 24.8 Å². The van der Waals surface area contributed by atoms with Crippen LogP contribution in [-0.4, -0.2) is 31.1 Å². The smallest absolute Gasteiger partial charge is 0.119 e. The van der Waals surface area contributed by atoms with Crippen molar-refractivity contribution in [1.29, 1.82) is 0 Å². The summed E-state index contributed by atoms with van der Waals surface area (Å²) in [6.45, 7) is 10.6. The molecular weight excluding hydrogens is 222 g/mol. The summed E-state index contributed by atoms with van der Waals surface area (Å²) in [6, 6.07) is 8.55. The largest absolute Gasteiger partial charge is 0.492 e. The molecule has 0 spiro atoms. The molecule has 0 N–H and O–H groups in total. The Labute approximate surface area is 112 Å². The molecular formula is C16H27NO. The first-order chi connectivity index (χ1) is 8.80. The second-order valence-corrected chi connectivity index (χ2v) is 4.62. The maximum absolute atomic E-state index is 5.76. The third kappa shape index (κ3) is 5.54. The molecule has 0 atom stereocenters. The molecule has 2 heteroatoms. The van der Waals surface area contributed by atoms with E-state index in [2.05, 4.69) is 49.9 Å². The van der Waals surface area contributed by atoms with Crippen molar-refractivity contribution in [3.63, 3.8) is 0 Å². The summed E-state index contributed by atoms with van der Waals surface area (Å²) in [5.41, 5.74) is 1.41. The van der Waals surface area contributed by atoms with Crippen molar-refractivity contribution in [2.45, 2.75) is 40.0 Å². The number of unbranched alkanes of at least 4 members (excludes halogenated alkanes) is 1. The molecule has 102 valence electrons. The maximum atomic E-state index is 5.76. The summed E-state index contributed by atoms with van der Waals surface area (Å²) in [4.78, 5) is 2.37. The van der Waals surface area contributed by atoms with Crippen LogP contribution in [0.15, 0.2) is 24.3 Å². The van der Waals surface area contributed by atoms with Crippen molar-refractivity contribution in [2.75, 3.05) is 26.2 Å². The Morgan fingerprint density at radius 1 is 1.00 bits per heavy atom. The zero-order valence-electron chi connectivity index (χ0n) is 12.1. The zero-order valence-corrected chi connectivity index (χ0v) is 12.1. The lowest BCUT2D eigenvalue weighted by Gasteiger charge is -2.18. The Bertz CT molecular complexity index is 303. The van der Waals surface area contributed by atoms with Crippen molar-refractivity contribution in [2.24, 2.45) is 0 Å². The number of aryl methyl sites for hydroxylation is 1. The summed E-state index contributed by atoms with van der Waals surface area (Å²) in [7, 11) is 0. The Hall–Kier alpha value is -1.02. The first-order valence-electron chi connectivity index (χ1n) is 7.24. The highest BCUT2D eigenvalue weighted by atomic mass is 16.5. The molecule has 0 unspecified atom stereocenters. The van der Waals surface area contributed by atoms with Crippen LogP contribution in [0.3, 0.4) is 0 Å². The molecule has 0 aromatic heterocycles. The lowest BCUT2D eigenvalue weighted by Crippen LogP contribution is -2.27. The minimum Gasteiger partial charge on any atom is -0.492 e. The van der Waals surface area contributed by atoms with E-state index in [0.29, 0.717) is 0 Å². The molecule has 1 aromatic rings. The highest BCUT2D eigenvalue weighted by Gasteiger charge is 2.00. The molecule has 0 bridgehead atoms. The average molecular weight is 249 g/mol. The fourth-order valence-corrected chi connectivity index (χ4v) is 1.97. The molecule has 0 radical (unpaired) electrons. The minimum atomic E-state index is 0.774. The molecule has 0 saturated heterocycles. The lowest BCUT2D eigenvalue weighted by molar-refractivity contribution is 0.223. The van der Waals surface area contributed by atoms with E-state index in [1.807, 2.05) is 0 Å². The van der Waals surface area contributed by atoms with Crippen LogP contribution in [0, 0.1) is 0 Å². The van der Waals surface area contributed by atoms with Gasteiger partial charge in [0.05, 0.1) is 0 Å². The highest BCUT2D eigenvalue weighted by Crippen LogP contribution is 2.13. The van der Waals surface area contributed by atoms with Crippen molar-refractivity contribution in [3.05, 3.63) is 29.8 Å². The monoisotopic (exact) mass is 249 g/mol. The number of nitrogens with zero attached hydrogens (tertiary/aromatic N) is 1. The first kappa shape index (κ1) is 15.0. The molecule has 0 aliphatic rings. The van der Waals surface area contributed by atoms with E-state index >= 15 is 0 Å². The third-order valence-corrected chi connectivity index (χ3v) is 3.31. The van der Waals surface area contributed by atoms with Gasteiger partial charge in [0.2, 0.25) is 0 Å². The van der Waals surface area contributed by atoms with Crippen LogP contribution in [0.2, 0.25) is 0 Å². The van der Waals surface area contributed by atoms with Crippen LogP contribution in [0.1, 0.15) is 39.2 Å². The summed E-state index contributed by atoms with van der Waals surface area (Å²) < 4.78 is 5.76. The van der Waals surface area contributed by atoms with Gasteiger partial charge in [-0.05, 0) is 43.6 Å². The molecule has 0 amide bonds. The predicted molar refractivity (Wildman–Crippen MR) is 78.3 cm³/mol. The summed E-state index contributed by atoms with van der Waals surface area (Å²) in [5.74, 6) is 0.988. The predicted octanol–water partition coefficient (Wildman–Crippen LogP) is 3.75. The second kappa shape index (κ2) is 8.98. The van der Waals surface area contributed by atoms with Crippen molar-refractivity contribution in [1.82, 2.24) is 4.90 Å². The van der Waals surface area contributed by atoms with Crippen molar-refractivity contribution >= 4 is 0 Å². The van der Waals surface area contributed by atoms with Gasteiger partial charge in [-0.25, -0.2) is 0 Å². The van der Waals surface area contributed by atoms with E-state index in [4.69, 9.17) is 4.74 Å². The molecule has 1 rings (SSSR count). The van der Waals surface area contributed by atoms with Gasteiger partial charge < -0.3 is 9.64 Å². The van der Waals surface area contributed by atoms with Gasteiger partial charge >= 0.3 is 0 Å². The lowest BCUT2D eigenvalue weighted by atomic mass is 10.1. The Kier molecular flexibility index (Phi) is 7.51. The average Bonchev–Trinajstić information content (AvgIpc) is 2.42. The zero-order chi connectivity index (χ0) is 13.2. The van der Waals surface area contributed by atoms with Gasteiger partial charge in [-0.3, -0.25) is 0 Å². The van der Waals surface area contributed by atoms with E-state index in [-0.39, 0.29) is 0 Å². The molecule has 0 fully saturated rings. The molecule has 1 aromatic carbocycles. The van der Waals surface area contributed by atoms with Gasteiger partial charge in [0, 0.05) is 6.54 Å². The van der Waals surface area contributed by atoms with Gasteiger partial charge in [0.25, 0.3) is 0 Å². The minimum absolute atomic E-state index is 0.774. The Morgan fingerprint density at radius 2 is 1.67 bits per heavy atom. The van der Waals surface area contributed by atoms with E-state index in [0.717, 1.165) is 32.0 Å². The standard InChI is InChI=1S/C16H27NO/c1-4-7-8-15-9-11-16(12-10-15)18-14-13-17(5-2)6-3/h9-12H,4-8,13-14H2,1-3H3. The van der Waals surface area contributed by atoms with E-state index < -0.39 is 0 Å². The SMILES string of the molecule is CCCCc1ccc(OCCN(CC)CC)cc1. The van der Waals surface area contributed by atoms with Crippen LogP contribution in [0.25, 0.3) is 0 Å². The van der Waals surface area contributed by atoms with Crippen LogP contribution < -0.4 is 4.74 Å². The Morgan fingerprint density at radius 3 is 2.22 bits per heavy atom. The molecule has 18 heavy (non-hydrogen) atoms. The fraction of sp³-hybridized carbons (Fsp3) is 0.625. The van der Waals surface area contributed by atoms with Crippen LogP contribution in [0.5, 0.6) is 5.75 Å². The Balaban J connectivity index is 2.30. The molecule has 0 saturated carbocycles. The third-order valence-electron chi connectivity index (χ3n) is 3.31. The van der Waals surface area contributed by atoms with E-state index in [1.54, 1.807) is 0 Å². The number of rotatable bonds is 9. The number of hydrogen-bond acceptors (Lipinski definition) is 2. The quantitative estimate of drug-likeness (QED) is 0.661. The van der Waals surface area contributed by atoms with Crippen molar-refractivity contribution < 1.29 is 4.74 Å². The van der Waals surface area contributed by atoms with Gasteiger partial charge in [-0.15, -0.1) is 0 Å². The number of hydrogen-bond donors (Lipinski definition) is 0. The topological polar surface area (TPSA) is 12.5 Å². The van der Waals surface area contributed by atoms with Gasteiger partial charge in [-0.2, -0.15) is 0 Å².